The number of carboxylic acid groups (broad SMARTS) is 1. The first kappa shape index (κ1) is 24.9. The normalized spacial score (nSPS) is 17.4. The van der Waals surface area contributed by atoms with Gasteiger partial charge in [-0.15, -0.1) is 0 Å². The lowest BCUT2D eigenvalue weighted by molar-refractivity contribution is -0.192. The Morgan fingerprint density at radius 3 is 2.64 bits per heavy atom. The third kappa shape index (κ3) is 6.05. The zero-order valence-corrected chi connectivity index (χ0v) is 18.7. The summed E-state index contributed by atoms with van der Waals surface area (Å²) in [5.41, 5.74) is 3.33. The predicted octanol–water partition coefficient (Wildman–Crippen LogP) is 2.62. The maximum Gasteiger partial charge on any atom is 0.490 e. The summed E-state index contributed by atoms with van der Waals surface area (Å²) >= 11 is 0. The lowest BCUT2D eigenvalue weighted by Gasteiger charge is -2.13. The number of fused-ring (bicyclic) bond motifs is 1. The van der Waals surface area contributed by atoms with E-state index in [0.717, 1.165) is 41.7 Å². The Bertz CT molecular complexity index is 1320. The van der Waals surface area contributed by atoms with Gasteiger partial charge in [0.2, 0.25) is 0 Å². The molecule has 0 radical (unpaired) electrons. The Hall–Kier alpha value is -4.26. The molecule has 3 aromatic heterocycles. The first-order valence-electron chi connectivity index (χ1n) is 10.9. The SMILES string of the molecule is O=C(N[C@H]1CN[C@H](Cn2cccn2)C1)c1ccc(-c2cccc3[nH]ncc23)nc1.O=C(O)C(F)(F)F. The van der Waals surface area contributed by atoms with Crippen molar-refractivity contribution < 1.29 is 27.9 Å². The fraction of sp³-hybridized carbons (Fsp3) is 0.261. The smallest absolute Gasteiger partial charge is 0.475 e. The quantitative estimate of drug-likeness (QED) is 0.330. The van der Waals surface area contributed by atoms with Crippen molar-refractivity contribution in [3.63, 3.8) is 0 Å². The Labute approximate surface area is 202 Å². The minimum atomic E-state index is -5.08. The molecule has 36 heavy (non-hydrogen) atoms. The molecule has 13 heteroatoms. The molecule has 5 rings (SSSR count). The molecule has 1 aromatic carbocycles. The van der Waals surface area contributed by atoms with Gasteiger partial charge >= 0.3 is 12.1 Å². The molecule has 0 bridgehead atoms. The monoisotopic (exact) mass is 501 g/mol. The van der Waals surface area contributed by atoms with E-state index in [1.807, 2.05) is 47.3 Å². The summed E-state index contributed by atoms with van der Waals surface area (Å²) < 4.78 is 33.6. The number of hydrogen-bond acceptors (Lipinski definition) is 6. The van der Waals surface area contributed by atoms with Crippen LogP contribution in [0.15, 0.2) is 61.2 Å². The molecular weight excluding hydrogens is 479 g/mol. The second kappa shape index (κ2) is 10.6. The van der Waals surface area contributed by atoms with E-state index in [0.29, 0.717) is 11.6 Å². The van der Waals surface area contributed by atoms with Crippen LogP contribution in [0.25, 0.3) is 22.2 Å². The number of H-pyrrole nitrogens is 1. The second-order valence-corrected chi connectivity index (χ2v) is 8.11. The molecule has 1 fully saturated rings. The summed E-state index contributed by atoms with van der Waals surface area (Å²) in [5, 5.41) is 26.0. The van der Waals surface area contributed by atoms with Crippen LogP contribution < -0.4 is 10.6 Å². The van der Waals surface area contributed by atoms with E-state index in [1.165, 1.54) is 0 Å². The van der Waals surface area contributed by atoms with Crippen molar-refractivity contribution in [2.75, 3.05) is 6.54 Å². The molecule has 0 unspecified atom stereocenters. The van der Waals surface area contributed by atoms with Gasteiger partial charge in [0.15, 0.2) is 0 Å². The van der Waals surface area contributed by atoms with Crippen LogP contribution in [0.3, 0.4) is 0 Å². The number of pyridine rings is 1. The van der Waals surface area contributed by atoms with E-state index in [9.17, 15) is 18.0 Å². The topological polar surface area (TPSA) is 138 Å². The van der Waals surface area contributed by atoms with Crippen LogP contribution in [-0.2, 0) is 11.3 Å². The Morgan fingerprint density at radius 1 is 1.17 bits per heavy atom. The van der Waals surface area contributed by atoms with Crippen molar-refractivity contribution in [1.29, 1.82) is 0 Å². The van der Waals surface area contributed by atoms with Gasteiger partial charge in [0.1, 0.15) is 0 Å². The summed E-state index contributed by atoms with van der Waals surface area (Å²) in [6.45, 7) is 1.56. The zero-order chi connectivity index (χ0) is 25.7. The van der Waals surface area contributed by atoms with E-state index in [1.54, 1.807) is 18.6 Å². The number of hydrogen-bond donors (Lipinski definition) is 4. The van der Waals surface area contributed by atoms with E-state index in [2.05, 4.69) is 30.9 Å². The molecule has 1 aliphatic rings. The summed E-state index contributed by atoms with van der Waals surface area (Å²) in [5.74, 6) is -2.86. The van der Waals surface area contributed by atoms with Crippen LogP contribution in [0.1, 0.15) is 16.8 Å². The number of carbonyl (C=O) groups is 2. The minimum Gasteiger partial charge on any atom is -0.475 e. The summed E-state index contributed by atoms with van der Waals surface area (Å²) in [6, 6.07) is 12.0. The highest BCUT2D eigenvalue weighted by atomic mass is 19.4. The van der Waals surface area contributed by atoms with E-state index in [4.69, 9.17) is 9.90 Å². The standard InChI is InChI=1S/C21H21N7O.C2HF3O2/c29-21(26-15-9-16(22-11-15)13-28-8-2-7-25-28)14-5-6-19(23-10-14)17-3-1-4-20-18(17)12-24-27-20;3-2(4,5)1(6)7/h1-8,10,12,15-16,22H,9,11,13H2,(H,24,27)(H,26,29);(H,6,7)/t15-,16+;/m1./s1. The first-order chi connectivity index (χ1) is 17.2. The molecule has 1 amide bonds. The van der Waals surface area contributed by atoms with Gasteiger partial charge in [-0.1, -0.05) is 12.1 Å². The van der Waals surface area contributed by atoms with Crippen molar-refractivity contribution in [2.24, 2.45) is 0 Å². The Kier molecular flexibility index (Phi) is 7.29. The molecule has 0 saturated carbocycles. The maximum absolute atomic E-state index is 12.6. The molecule has 188 valence electrons. The van der Waals surface area contributed by atoms with Gasteiger partial charge in [0.05, 0.1) is 29.5 Å². The molecular formula is C23H22F3N7O3. The predicted molar refractivity (Wildman–Crippen MR) is 123 cm³/mol. The van der Waals surface area contributed by atoms with Gasteiger partial charge in [0, 0.05) is 48.2 Å². The molecule has 4 aromatic rings. The number of aromatic amines is 1. The van der Waals surface area contributed by atoms with Crippen molar-refractivity contribution in [2.45, 2.75) is 31.2 Å². The third-order valence-electron chi connectivity index (χ3n) is 5.55. The van der Waals surface area contributed by atoms with Gasteiger partial charge in [-0.2, -0.15) is 23.4 Å². The fourth-order valence-electron chi connectivity index (χ4n) is 3.85. The van der Waals surface area contributed by atoms with Crippen molar-refractivity contribution in [1.82, 2.24) is 35.6 Å². The molecule has 4 N–H and O–H groups in total. The number of rotatable bonds is 5. The number of nitrogens with one attached hydrogen (secondary N) is 3. The highest BCUT2D eigenvalue weighted by Gasteiger charge is 2.38. The van der Waals surface area contributed by atoms with Crippen molar-refractivity contribution in [3.8, 4) is 11.3 Å². The third-order valence-corrected chi connectivity index (χ3v) is 5.55. The van der Waals surface area contributed by atoms with Gasteiger partial charge < -0.3 is 15.7 Å². The first-order valence-corrected chi connectivity index (χ1v) is 10.9. The second-order valence-electron chi connectivity index (χ2n) is 8.11. The van der Waals surface area contributed by atoms with Gasteiger partial charge in [-0.25, -0.2) is 4.79 Å². The molecule has 1 saturated heterocycles. The van der Waals surface area contributed by atoms with Crippen molar-refractivity contribution in [3.05, 3.63) is 66.7 Å². The van der Waals surface area contributed by atoms with Gasteiger partial charge in [-0.05, 0) is 30.7 Å². The summed E-state index contributed by atoms with van der Waals surface area (Å²) in [6.07, 6.45) is 2.94. The molecule has 0 spiro atoms. The highest BCUT2D eigenvalue weighted by molar-refractivity contribution is 5.96. The average Bonchev–Trinajstić information content (AvgIpc) is 3.61. The fourth-order valence-corrected chi connectivity index (χ4v) is 3.85. The number of aliphatic carboxylic acids is 1. The van der Waals surface area contributed by atoms with E-state index in [-0.39, 0.29) is 11.9 Å². The lowest BCUT2D eigenvalue weighted by atomic mass is 10.1. The summed E-state index contributed by atoms with van der Waals surface area (Å²) in [4.78, 5) is 26.0. The van der Waals surface area contributed by atoms with Crippen LogP contribution in [0.2, 0.25) is 0 Å². The Balaban J connectivity index is 0.000000384. The number of nitrogens with zero attached hydrogens (tertiary/aromatic N) is 4. The molecule has 1 aliphatic heterocycles. The maximum atomic E-state index is 12.6. The van der Waals surface area contributed by atoms with Crippen LogP contribution in [-0.4, -0.2) is 66.7 Å². The van der Waals surface area contributed by atoms with Crippen LogP contribution in [0, 0.1) is 0 Å². The van der Waals surface area contributed by atoms with Crippen LogP contribution in [0.4, 0.5) is 13.2 Å². The zero-order valence-electron chi connectivity index (χ0n) is 18.7. The number of benzene rings is 1. The van der Waals surface area contributed by atoms with E-state index >= 15 is 0 Å². The highest BCUT2D eigenvalue weighted by Crippen LogP contribution is 2.26. The van der Waals surface area contributed by atoms with Crippen LogP contribution in [0.5, 0.6) is 0 Å². The molecule has 0 aliphatic carbocycles. The number of halogens is 3. The number of carboxylic acids is 1. The van der Waals surface area contributed by atoms with Crippen molar-refractivity contribution >= 4 is 22.8 Å². The average molecular weight is 501 g/mol. The number of amides is 1. The Morgan fingerprint density at radius 2 is 1.97 bits per heavy atom. The van der Waals surface area contributed by atoms with Gasteiger partial charge in [0.25, 0.3) is 5.91 Å². The number of alkyl halides is 3. The molecule has 4 heterocycles. The van der Waals surface area contributed by atoms with Gasteiger partial charge in [-0.3, -0.25) is 19.6 Å². The largest absolute Gasteiger partial charge is 0.490 e. The number of carbonyl (C=O) groups excluding carboxylic acids is 1. The number of aromatic nitrogens is 5. The minimum absolute atomic E-state index is 0.0995. The molecule has 10 nitrogen and oxygen atoms in total. The van der Waals surface area contributed by atoms with E-state index < -0.39 is 12.1 Å². The molecule has 2 atom stereocenters. The van der Waals surface area contributed by atoms with Crippen LogP contribution >= 0.6 is 0 Å². The lowest BCUT2D eigenvalue weighted by Crippen LogP contribution is -2.36. The summed E-state index contributed by atoms with van der Waals surface area (Å²) in [7, 11) is 0.